The van der Waals surface area contributed by atoms with E-state index in [1.807, 2.05) is 27.7 Å². The Labute approximate surface area is 145 Å². The summed E-state index contributed by atoms with van der Waals surface area (Å²) in [5.74, 6) is 2.25. The van der Waals surface area contributed by atoms with Crippen molar-refractivity contribution < 1.29 is 14.1 Å². The fraction of sp³-hybridized carbons (Fsp3) is 0.562. The van der Waals surface area contributed by atoms with E-state index in [0.717, 1.165) is 0 Å². The lowest BCUT2D eigenvalue weighted by Crippen LogP contribution is -2.37. The highest BCUT2D eigenvalue weighted by Gasteiger charge is 2.37. The van der Waals surface area contributed by atoms with Crippen molar-refractivity contribution >= 4 is 17.9 Å². The summed E-state index contributed by atoms with van der Waals surface area (Å²) in [6.07, 6.45) is 1.92. The van der Waals surface area contributed by atoms with E-state index in [1.165, 1.54) is 0 Å². The third-order valence-electron chi connectivity index (χ3n) is 4.08. The number of hydrogen-bond acceptors (Lipinski definition) is 8. The molecule has 0 radical (unpaired) electrons. The SMILES string of the molecule is CCc1noc([C@H](C)Nc2nccc(N3C(=O)OC[C@@H]3C(C)C)n2)n1. The molecule has 0 unspecified atom stereocenters. The zero-order valence-corrected chi connectivity index (χ0v) is 14.8. The molecule has 1 amide bonds. The minimum absolute atomic E-state index is 0.0456. The fourth-order valence-corrected chi connectivity index (χ4v) is 2.59. The molecule has 0 aromatic carbocycles. The average molecular weight is 346 g/mol. The van der Waals surface area contributed by atoms with Crippen molar-refractivity contribution in [3.63, 3.8) is 0 Å². The Bertz CT molecular complexity index is 747. The van der Waals surface area contributed by atoms with Gasteiger partial charge in [0.2, 0.25) is 11.8 Å². The molecule has 1 aliphatic heterocycles. The maximum atomic E-state index is 12.1. The van der Waals surface area contributed by atoms with Crippen molar-refractivity contribution in [2.45, 2.75) is 46.2 Å². The number of carbonyl (C=O) groups excluding carboxylic acids is 1. The summed E-state index contributed by atoms with van der Waals surface area (Å²) in [6.45, 7) is 8.29. The number of nitrogens with one attached hydrogen (secondary N) is 1. The quantitative estimate of drug-likeness (QED) is 0.850. The maximum absolute atomic E-state index is 12.1. The Morgan fingerprint density at radius 1 is 1.36 bits per heavy atom. The van der Waals surface area contributed by atoms with Crippen LogP contribution in [-0.2, 0) is 11.2 Å². The van der Waals surface area contributed by atoms with Crippen LogP contribution in [0.3, 0.4) is 0 Å². The Balaban J connectivity index is 1.78. The molecule has 2 atom stereocenters. The molecule has 2 aromatic rings. The third kappa shape index (κ3) is 3.54. The van der Waals surface area contributed by atoms with Gasteiger partial charge in [-0.05, 0) is 18.9 Å². The minimum Gasteiger partial charge on any atom is -0.447 e. The molecule has 1 fully saturated rings. The molecule has 9 nitrogen and oxygen atoms in total. The van der Waals surface area contributed by atoms with Gasteiger partial charge in [-0.1, -0.05) is 25.9 Å². The highest BCUT2D eigenvalue weighted by atomic mass is 16.6. The first-order valence-corrected chi connectivity index (χ1v) is 8.37. The Morgan fingerprint density at radius 2 is 2.16 bits per heavy atom. The number of anilines is 2. The number of rotatable bonds is 6. The summed E-state index contributed by atoms with van der Waals surface area (Å²) in [5.41, 5.74) is 0. The standard InChI is InChI=1S/C16H22N6O3/c1-5-12-19-14(25-21-12)10(4)18-15-17-7-6-13(20-15)22-11(9(2)3)8-24-16(22)23/h6-7,9-11H,5,8H2,1-4H3,(H,17,18,20)/t10-,11+/m0/s1. The molecule has 1 N–H and O–H groups in total. The van der Waals surface area contributed by atoms with Crippen molar-refractivity contribution in [3.05, 3.63) is 24.0 Å². The van der Waals surface area contributed by atoms with E-state index in [4.69, 9.17) is 9.26 Å². The molecule has 134 valence electrons. The van der Waals surface area contributed by atoms with Crippen LogP contribution in [0.1, 0.15) is 45.5 Å². The molecule has 1 saturated heterocycles. The predicted octanol–water partition coefficient (Wildman–Crippen LogP) is 2.58. The van der Waals surface area contributed by atoms with Gasteiger partial charge in [-0.3, -0.25) is 4.90 Å². The summed E-state index contributed by atoms with van der Waals surface area (Å²) in [7, 11) is 0. The molecule has 0 aliphatic carbocycles. The Morgan fingerprint density at radius 3 is 2.84 bits per heavy atom. The van der Waals surface area contributed by atoms with E-state index in [1.54, 1.807) is 17.2 Å². The van der Waals surface area contributed by atoms with Crippen LogP contribution in [0, 0.1) is 5.92 Å². The molecule has 2 aromatic heterocycles. The second kappa shape index (κ2) is 7.04. The van der Waals surface area contributed by atoms with Gasteiger partial charge >= 0.3 is 6.09 Å². The van der Waals surface area contributed by atoms with Crippen LogP contribution in [-0.4, -0.2) is 38.9 Å². The second-order valence-electron chi connectivity index (χ2n) is 6.27. The summed E-state index contributed by atoms with van der Waals surface area (Å²) >= 11 is 0. The smallest absolute Gasteiger partial charge is 0.415 e. The number of hydrogen-bond donors (Lipinski definition) is 1. The molecule has 0 saturated carbocycles. The zero-order valence-electron chi connectivity index (χ0n) is 14.8. The Hall–Kier alpha value is -2.71. The maximum Gasteiger partial charge on any atom is 0.415 e. The molecular formula is C16H22N6O3. The van der Waals surface area contributed by atoms with Crippen LogP contribution in [0.25, 0.3) is 0 Å². The van der Waals surface area contributed by atoms with Gasteiger partial charge in [0, 0.05) is 12.6 Å². The van der Waals surface area contributed by atoms with E-state index >= 15 is 0 Å². The summed E-state index contributed by atoms with van der Waals surface area (Å²) in [6, 6.07) is 1.39. The van der Waals surface area contributed by atoms with Crippen molar-refractivity contribution in [1.29, 1.82) is 0 Å². The number of ether oxygens (including phenoxy) is 1. The van der Waals surface area contributed by atoms with Gasteiger partial charge in [0.05, 0.1) is 6.04 Å². The van der Waals surface area contributed by atoms with Gasteiger partial charge in [0.25, 0.3) is 0 Å². The van der Waals surface area contributed by atoms with E-state index in [0.29, 0.717) is 36.5 Å². The van der Waals surface area contributed by atoms with Crippen molar-refractivity contribution in [3.8, 4) is 0 Å². The van der Waals surface area contributed by atoms with Gasteiger partial charge in [-0.2, -0.15) is 9.97 Å². The molecule has 3 heterocycles. The van der Waals surface area contributed by atoms with Crippen LogP contribution < -0.4 is 10.2 Å². The second-order valence-corrected chi connectivity index (χ2v) is 6.27. The van der Waals surface area contributed by atoms with Crippen LogP contribution in [0.5, 0.6) is 0 Å². The fourth-order valence-electron chi connectivity index (χ4n) is 2.59. The van der Waals surface area contributed by atoms with Gasteiger partial charge in [0.15, 0.2) is 5.82 Å². The first kappa shape index (κ1) is 17.1. The topological polar surface area (TPSA) is 106 Å². The lowest BCUT2D eigenvalue weighted by molar-refractivity contribution is 0.177. The summed E-state index contributed by atoms with van der Waals surface area (Å²) in [5, 5.41) is 7.00. The Kier molecular flexibility index (Phi) is 4.82. The first-order valence-electron chi connectivity index (χ1n) is 8.37. The van der Waals surface area contributed by atoms with Gasteiger partial charge in [0.1, 0.15) is 18.5 Å². The van der Waals surface area contributed by atoms with Crippen molar-refractivity contribution in [2.75, 3.05) is 16.8 Å². The highest BCUT2D eigenvalue weighted by molar-refractivity contribution is 5.89. The van der Waals surface area contributed by atoms with E-state index in [-0.39, 0.29) is 24.1 Å². The van der Waals surface area contributed by atoms with E-state index < -0.39 is 0 Å². The largest absolute Gasteiger partial charge is 0.447 e. The monoisotopic (exact) mass is 346 g/mol. The molecular weight excluding hydrogens is 324 g/mol. The number of aromatic nitrogens is 4. The number of aryl methyl sites for hydroxylation is 1. The van der Waals surface area contributed by atoms with Crippen LogP contribution in [0.4, 0.5) is 16.6 Å². The van der Waals surface area contributed by atoms with Crippen molar-refractivity contribution in [2.24, 2.45) is 5.92 Å². The van der Waals surface area contributed by atoms with E-state index in [2.05, 4.69) is 25.4 Å². The first-order chi connectivity index (χ1) is 12.0. The highest BCUT2D eigenvalue weighted by Crippen LogP contribution is 2.26. The molecule has 25 heavy (non-hydrogen) atoms. The summed E-state index contributed by atoms with van der Waals surface area (Å²) in [4.78, 5) is 26.6. The third-order valence-corrected chi connectivity index (χ3v) is 4.08. The molecule has 0 spiro atoms. The van der Waals surface area contributed by atoms with E-state index in [9.17, 15) is 4.79 Å². The van der Waals surface area contributed by atoms with Crippen LogP contribution >= 0.6 is 0 Å². The van der Waals surface area contributed by atoms with Crippen molar-refractivity contribution in [1.82, 2.24) is 20.1 Å². The molecule has 3 rings (SSSR count). The number of carbonyl (C=O) groups is 1. The lowest BCUT2D eigenvalue weighted by atomic mass is 10.0. The zero-order chi connectivity index (χ0) is 18.0. The number of cyclic esters (lactones) is 1. The molecule has 0 bridgehead atoms. The number of amides is 1. The minimum atomic E-state index is -0.388. The van der Waals surface area contributed by atoms with Gasteiger partial charge in [-0.15, -0.1) is 0 Å². The van der Waals surface area contributed by atoms with Gasteiger partial charge in [-0.25, -0.2) is 9.78 Å². The van der Waals surface area contributed by atoms with Gasteiger partial charge < -0.3 is 14.6 Å². The summed E-state index contributed by atoms with van der Waals surface area (Å²) < 4.78 is 10.4. The van der Waals surface area contributed by atoms with Crippen LogP contribution in [0.15, 0.2) is 16.8 Å². The predicted molar refractivity (Wildman–Crippen MR) is 90.2 cm³/mol. The number of nitrogens with zero attached hydrogens (tertiary/aromatic N) is 5. The lowest BCUT2D eigenvalue weighted by Gasteiger charge is -2.23. The normalized spacial score (nSPS) is 18.5. The average Bonchev–Trinajstić information content (AvgIpc) is 3.21. The molecule has 9 heteroatoms. The van der Waals surface area contributed by atoms with Crippen LogP contribution in [0.2, 0.25) is 0 Å². The molecule has 1 aliphatic rings.